The van der Waals surface area contributed by atoms with Crippen LogP contribution in [0.3, 0.4) is 0 Å². The van der Waals surface area contributed by atoms with Crippen molar-refractivity contribution in [3.63, 3.8) is 0 Å². The molecule has 3 N–H and O–H groups in total. The van der Waals surface area contributed by atoms with Gasteiger partial charge in [-0.05, 0) is 30.9 Å². The molecule has 22 heavy (non-hydrogen) atoms. The first-order valence-corrected chi connectivity index (χ1v) is 8.12. The number of hydrogen-bond acceptors (Lipinski definition) is 5. The van der Waals surface area contributed by atoms with Gasteiger partial charge in [-0.2, -0.15) is 0 Å². The zero-order valence-corrected chi connectivity index (χ0v) is 14.3. The lowest BCUT2D eigenvalue weighted by Gasteiger charge is -2.37. The van der Waals surface area contributed by atoms with E-state index in [0.717, 1.165) is 44.2 Å². The molecule has 2 unspecified atom stereocenters. The molecule has 0 spiro atoms. The van der Waals surface area contributed by atoms with Gasteiger partial charge in [-0.25, -0.2) is 4.99 Å². The molecule has 5 heteroatoms. The number of ether oxygens (including phenoxy) is 1. The first kappa shape index (κ1) is 17.0. The smallest absolute Gasteiger partial charge is 0.126 e. The molecule has 124 valence electrons. The summed E-state index contributed by atoms with van der Waals surface area (Å²) in [7, 11) is 0. The van der Waals surface area contributed by atoms with Crippen LogP contribution >= 0.6 is 0 Å². The fraction of sp³-hybridized carbons (Fsp3) is 0.706. The second-order valence-corrected chi connectivity index (χ2v) is 7.35. The molecule has 0 aromatic carbocycles. The van der Waals surface area contributed by atoms with Crippen LogP contribution in [0.15, 0.2) is 28.7 Å². The zero-order chi connectivity index (χ0) is 16.2. The lowest BCUT2D eigenvalue weighted by molar-refractivity contribution is -0.0355. The Hall–Kier alpha value is -1.33. The topological polar surface area (TPSA) is 62.9 Å². The van der Waals surface area contributed by atoms with Crippen LogP contribution in [0.4, 0.5) is 0 Å². The van der Waals surface area contributed by atoms with Gasteiger partial charge in [0.25, 0.3) is 0 Å². The summed E-state index contributed by atoms with van der Waals surface area (Å²) in [5, 5.41) is 3.27. The number of nitrogens with one attached hydrogen (secondary N) is 1. The number of nitrogens with zero attached hydrogens (tertiary/aromatic N) is 2. The number of rotatable bonds is 2. The van der Waals surface area contributed by atoms with Gasteiger partial charge in [0, 0.05) is 31.0 Å². The van der Waals surface area contributed by atoms with Gasteiger partial charge in [0.2, 0.25) is 0 Å². The molecular formula is C17H30N4O. The standard InChI is InChI=1S/C17H30N4O/c1-13-9-14(18)10-16(20-6-5-19-13)21-7-8-22-15(12-21)11-17(2,3)4/h6,9-10,14-15,19H,5,7-8,11-12,18H2,1-4H3/b13-9?,16-10+,20-6?. The molecule has 0 aliphatic carbocycles. The molecule has 1 fully saturated rings. The Morgan fingerprint density at radius 1 is 1.41 bits per heavy atom. The molecule has 0 aromatic rings. The van der Waals surface area contributed by atoms with Crippen molar-refractivity contribution in [1.29, 1.82) is 0 Å². The first-order valence-electron chi connectivity index (χ1n) is 8.12. The molecule has 5 nitrogen and oxygen atoms in total. The van der Waals surface area contributed by atoms with Crippen molar-refractivity contribution in [2.75, 3.05) is 26.2 Å². The largest absolute Gasteiger partial charge is 0.384 e. The van der Waals surface area contributed by atoms with Crippen LogP contribution < -0.4 is 11.1 Å². The number of morpholine rings is 1. The fourth-order valence-electron chi connectivity index (χ4n) is 2.88. The second kappa shape index (κ2) is 7.29. The van der Waals surface area contributed by atoms with E-state index in [1.54, 1.807) is 0 Å². The second-order valence-electron chi connectivity index (χ2n) is 7.35. The van der Waals surface area contributed by atoms with Crippen LogP contribution in [0, 0.1) is 5.41 Å². The zero-order valence-electron chi connectivity index (χ0n) is 14.3. The van der Waals surface area contributed by atoms with Gasteiger partial charge in [-0.3, -0.25) is 0 Å². The van der Waals surface area contributed by atoms with Gasteiger partial charge < -0.3 is 20.7 Å². The van der Waals surface area contributed by atoms with Crippen molar-refractivity contribution >= 4 is 6.21 Å². The van der Waals surface area contributed by atoms with Crippen LogP contribution in [0.2, 0.25) is 0 Å². The van der Waals surface area contributed by atoms with E-state index >= 15 is 0 Å². The van der Waals surface area contributed by atoms with Crippen molar-refractivity contribution in [2.45, 2.75) is 46.3 Å². The molecule has 0 bridgehead atoms. The molecule has 0 saturated carbocycles. The summed E-state index contributed by atoms with van der Waals surface area (Å²) in [6, 6.07) is -0.123. The third-order valence-corrected chi connectivity index (χ3v) is 3.78. The van der Waals surface area contributed by atoms with Crippen LogP contribution in [0.5, 0.6) is 0 Å². The lowest BCUT2D eigenvalue weighted by Crippen LogP contribution is -2.43. The Bertz CT molecular complexity index is 462. The van der Waals surface area contributed by atoms with E-state index in [1.807, 2.05) is 25.3 Å². The Kier molecular flexibility index (Phi) is 5.64. The number of nitrogens with two attached hydrogens (primary N) is 1. The predicted molar refractivity (Wildman–Crippen MR) is 91.7 cm³/mol. The van der Waals surface area contributed by atoms with Crippen molar-refractivity contribution in [3.8, 4) is 0 Å². The Morgan fingerprint density at radius 2 is 2.18 bits per heavy atom. The van der Waals surface area contributed by atoms with Gasteiger partial charge in [0.15, 0.2) is 0 Å². The van der Waals surface area contributed by atoms with Gasteiger partial charge in [-0.1, -0.05) is 20.8 Å². The Labute approximate surface area is 134 Å². The van der Waals surface area contributed by atoms with E-state index < -0.39 is 0 Å². The molecule has 0 amide bonds. The third kappa shape index (κ3) is 5.46. The third-order valence-electron chi connectivity index (χ3n) is 3.78. The maximum Gasteiger partial charge on any atom is 0.126 e. The highest BCUT2D eigenvalue weighted by Crippen LogP contribution is 2.25. The number of hydrogen-bond donors (Lipinski definition) is 2. The monoisotopic (exact) mass is 306 g/mol. The molecule has 2 atom stereocenters. The summed E-state index contributed by atoms with van der Waals surface area (Å²) >= 11 is 0. The van der Waals surface area contributed by atoms with E-state index in [0.29, 0.717) is 0 Å². The average Bonchev–Trinajstić information content (AvgIpc) is 2.47. The SMILES string of the molecule is CC1=CC(N)/C=C(/N2CCOC(CC(C)(C)C)C2)N=CCN1. The van der Waals surface area contributed by atoms with Crippen LogP contribution in [-0.2, 0) is 4.74 Å². The van der Waals surface area contributed by atoms with Gasteiger partial charge in [0.05, 0.1) is 19.3 Å². The highest BCUT2D eigenvalue weighted by atomic mass is 16.5. The van der Waals surface area contributed by atoms with Crippen LogP contribution in [-0.4, -0.2) is 49.5 Å². The Balaban J connectivity index is 2.09. The van der Waals surface area contributed by atoms with E-state index in [9.17, 15) is 0 Å². The molecule has 1 saturated heterocycles. The maximum atomic E-state index is 6.17. The molecule has 0 radical (unpaired) electrons. The number of aliphatic imine (C=N–C) groups is 1. The number of allylic oxidation sites excluding steroid dienone is 1. The molecule has 2 aliphatic heterocycles. The highest BCUT2D eigenvalue weighted by molar-refractivity contribution is 5.61. The van der Waals surface area contributed by atoms with Crippen LogP contribution in [0.1, 0.15) is 34.1 Å². The van der Waals surface area contributed by atoms with E-state index in [2.05, 4.69) is 36.0 Å². The lowest BCUT2D eigenvalue weighted by atomic mass is 9.88. The summed E-state index contributed by atoms with van der Waals surface area (Å²) in [4.78, 5) is 6.91. The minimum absolute atomic E-state index is 0.123. The fourth-order valence-corrected chi connectivity index (χ4v) is 2.88. The van der Waals surface area contributed by atoms with Crippen molar-refractivity contribution in [2.24, 2.45) is 16.1 Å². The molecule has 0 aromatic heterocycles. The summed E-state index contributed by atoms with van der Waals surface area (Å²) in [6.45, 7) is 12.0. The molecule has 2 aliphatic rings. The van der Waals surface area contributed by atoms with E-state index in [4.69, 9.17) is 10.5 Å². The maximum absolute atomic E-state index is 6.17. The predicted octanol–water partition coefficient (Wildman–Crippen LogP) is 1.87. The van der Waals surface area contributed by atoms with Gasteiger partial charge in [-0.15, -0.1) is 0 Å². The van der Waals surface area contributed by atoms with Gasteiger partial charge >= 0.3 is 0 Å². The molecular weight excluding hydrogens is 276 g/mol. The van der Waals surface area contributed by atoms with E-state index in [-0.39, 0.29) is 17.6 Å². The van der Waals surface area contributed by atoms with Gasteiger partial charge in [0.1, 0.15) is 5.82 Å². The summed E-state index contributed by atoms with van der Waals surface area (Å²) in [5.41, 5.74) is 7.53. The summed E-state index contributed by atoms with van der Waals surface area (Å²) in [6.07, 6.45) is 7.28. The van der Waals surface area contributed by atoms with E-state index in [1.165, 1.54) is 0 Å². The summed E-state index contributed by atoms with van der Waals surface area (Å²) < 4.78 is 5.92. The quantitative estimate of drug-likeness (QED) is 0.817. The Morgan fingerprint density at radius 3 is 2.91 bits per heavy atom. The minimum Gasteiger partial charge on any atom is -0.384 e. The normalized spacial score (nSPS) is 29.6. The summed E-state index contributed by atoms with van der Waals surface area (Å²) in [5.74, 6) is 0.961. The van der Waals surface area contributed by atoms with Crippen molar-refractivity contribution < 1.29 is 4.74 Å². The minimum atomic E-state index is -0.123. The van der Waals surface area contributed by atoms with Crippen LogP contribution in [0.25, 0.3) is 0 Å². The molecule has 2 heterocycles. The average molecular weight is 306 g/mol. The van der Waals surface area contributed by atoms with Crippen molar-refractivity contribution in [3.05, 3.63) is 23.7 Å². The molecule has 2 rings (SSSR count). The highest BCUT2D eigenvalue weighted by Gasteiger charge is 2.26. The first-order chi connectivity index (χ1) is 10.3. The van der Waals surface area contributed by atoms with Crippen molar-refractivity contribution in [1.82, 2.24) is 10.2 Å².